The molecule has 2 aliphatic rings. The summed E-state index contributed by atoms with van der Waals surface area (Å²) in [4.78, 5) is 13.1. The maximum absolute atomic E-state index is 13.0. The number of hydrogen-bond donors (Lipinski definition) is 1. The summed E-state index contributed by atoms with van der Waals surface area (Å²) in [6, 6.07) is 8.05. The molecule has 9 heteroatoms. The van der Waals surface area contributed by atoms with Crippen molar-refractivity contribution in [2.24, 2.45) is 5.92 Å². The van der Waals surface area contributed by atoms with Crippen LogP contribution in [0.4, 0.5) is 0 Å². The molecule has 27 heavy (non-hydrogen) atoms. The van der Waals surface area contributed by atoms with Gasteiger partial charge in [0.1, 0.15) is 5.75 Å². The van der Waals surface area contributed by atoms with Crippen molar-refractivity contribution in [1.29, 1.82) is 0 Å². The Kier molecular flexibility index (Phi) is 4.92. The molecule has 1 N–H and O–H groups in total. The summed E-state index contributed by atoms with van der Waals surface area (Å²) in [7, 11) is -2.14. The van der Waals surface area contributed by atoms with Crippen molar-refractivity contribution in [2.45, 2.75) is 29.8 Å². The second-order valence-corrected chi connectivity index (χ2v) is 10.1. The number of carbonyl (C=O) groups is 1. The second-order valence-electron chi connectivity index (χ2n) is 6.81. The standard InChI is InChI=1S/C18H19ClN2O4S2/c1-25-16-5-4-13(9-14(16)19)27(23,24)21-10-11-7-12(21)8-15(11)20-18(22)17-3-2-6-26-17/h2-6,9,11-12,15H,7-8,10H2,1H3,(H,20,22). The van der Waals surface area contributed by atoms with Crippen LogP contribution in [-0.2, 0) is 10.0 Å². The molecule has 0 spiro atoms. The Balaban J connectivity index is 1.47. The number of fused-ring (bicyclic) bond motifs is 2. The van der Waals surface area contributed by atoms with Gasteiger partial charge in [-0.25, -0.2) is 8.42 Å². The number of rotatable bonds is 5. The monoisotopic (exact) mass is 426 g/mol. The number of benzene rings is 1. The lowest BCUT2D eigenvalue weighted by Gasteiger charge is -2.31. The third-order valence-electron chi connectivity index (χ3n) is 5.28. The van der Waals surface area contributed by atoms with Crippen molar-refractivity contribution >= 4 is 38.9 Å². The number of piperidine rings is 1. The number of sulfonamides is 1. The average molecular weight is 427 g/mol. The van der Waals surface area contributed by atoms with Crippen molar-refractivity contribution in [3.8, 4) is 5.75 Å². The number of carbonyl (C=O) groups excluding carboxylic acids is 1. The number of hydrogen-bond acceptors (Lipinski definition) is 5. The zero-order valence-corrected chi connectivity index (χ0v) is 17.0. The van der Waals surface area contributed by atoms with E-state index in [0.29, 0.717) is 23.6 Å². The maximum atomic E-state index is 13.0. The fourth-order valence-electron chi connectivity index (χ4n) is 3.97. The number of methoxy groups -OCH3 is 1. The highest BCUT2D eigenvalue weighted by Crippen LogP contribution is 2.41. The van der Waals surface area contributed by atoms with Crippen LogP contribution < -0.4 is 10.1 Å². The number of nitrogens with zero attached hydrogens (tertiary/aromatic N) is 1. The van der Waals surface area contributed by atoms with Crippen LogP contribution in [0, 0.1) is 5.92 Å². The summed E-state index contributed by atoms with van der Waals surface area (Å²) in [5.41, 5.74) is 0. The van der Waals surface area contributed by atoms with Gasteiger partial charge in [0.05, 0.1) is 21.9 Å². The first-order chi connectivity index (χ1) is 12.9. The van der Waals surface area contributed by atoms with E-state index in [2.05, 4.69) is 5.32 Å². The Morgan fingerprint density at radius 2 is 2.15 bits per heavy atom. The Morgan fingerprint density at radius 1 is 1.33 bits per heavy atom. The van der Waals surface area contributed by atoms with E-state index in [1.54, 1.807) is 16.4 Å². The summed E-state index contributed by atoms with van der Waals surface area (Å²) < 4.78 is 32.7. The van der Waals surface area contributed by atoms with Crippen LogP contribution in [-0.4, -0.2) is 44.4 Å². The van der Waals surface area contributed by atoms with Crippen molar-refractivity contribution in [1.82, 2.24) is 9.62 Å². The normalized spacial score (nSPS) is 24.9. The molecule has 3 atom stereocenters. The molecular weight excluding hydrogens is 408 g/mol. The minimum absolute atomic E-state index is 0.00973. The quantitative estimate of drug-likeness (QED) is 0.797. The number of ether oxygens (including phenoxy) is 1. The van der Waals surface area contributed by atoms with Gasteiger partial charge in [-0.05, 0) is 48.4 Å². The van der Waals surface area contributed by atoms with E-state index in [4.69, 9.17) is 16.3 Å². The Hall–Kier alpha value is -1.61. The summed E-state index contributed by atoms with van der Waals surface area (Å²) in [6.07, 6.45) is 1.39. The van der Waals surface area contributed by atoms with E-state index < -0.39 is 10.0 Å². The van der Waals surface area contributed by atoms with Gasteiger partial charge in [0.2, 0.25) is 10.0 Å². The molecule has 1 amide bonds. The van der Waals surface area contributed by atoms with Gasteiger partial charge in [-0.15, -0.1) is 11.3 Å². The number of thiophene rings is 1. The van der Waals surface area contributed by atoms with Gasteiger partial charge >= 0.3 is 0 Å². The molecule has 6 nitrogen and oxygen atoms in total. The molecule has 2 fully saturated rings. The topological polar surface area (TPSA) is 75.7 Å². The minimum Gasteiger partial charge on any atom is -0.495 e. The SMILES string of the molecule is COc1ccc(S(=O)(=O)N2CC3CC2CC3NC(=O)c2cccs2)cc1Cl. The van der Waals surface area contributed by atoms with E-state index in [-0.39, 0.29) is 33.8 Å². The first-order valence-corrected chi connectivity index (χ1v) is 11.3. The van der Waals surface area contributed by atoms with Crippen molar-refractivity contribution < 1.29 is 17.9 Å². The molecule has 4 rings (SSSR count). The van der Waals surface area contributed by atoms with Crippen LogP contribution >= 0.6 is 22.9 Å². The number of amides is 1. The van der Waals surface area contributed by atoms with E-state index >= 15 is 0 Å². The zero-order valence-electron chi connectivity index (χ0n) is 14.6. The molecule has 1 saturated heterocycles. The Bertz CT molecular complexity index is 962. The molecule has 1 aromatic carbocycles. The molecule has 2 aromatic rings. The third kappa shape index (κ3) is 3.35. The van der Waals surface area contributed by atoms with Crippen LogP contribution in [0.1, 0.15) is 22.5 Å². The molecule has 1 aliphatic carbocycles. The summed E-state index contributed by atoms with van der Waals surface area (Å²) >= 11 is 7.50. The maximum Gasteiger partial charge on any atom is 0.261 e. The van der Waals surface area contributed by atoms with Crippen LogP contribution in [0.2, 0.25) is 5.02 Å². The van der Waals surface area contributed by atoms with E-state index in [0.717, 1.165) is 6.42 Å². The molecule has 144 valence electrons. The average Bonchev–Trinajstić information content (AvgIpc) is 3.38. The lowest BCUT2D eigenvalue weighted by molar-refractivity contribution is 0.0923. The third-order valence-corrected chi connectivity index (χ3v) is 8.36. The van der Waals surface area contributed by atoms with Gasteiger partial charge in [-0.3, -0.25) is 4.79 Å². The van der Waals surface area contributed by atoms with Gasteiger partial charge in [-0.2, -0.15) is 4.31 Å². The fraction of sp³-hybridized carbons (Fsp3) is 0.389. The predicted octanol–water partition coefficient (Wildman–Crippen LogP) is 2.99. The highest BCUT2D eigenvalue weighted by molar-refractivity contribution is 7.89. The van der Waals surface area contributed by atoms with Gasteiger partial charge in [0, 0.05) is 18.6 Å². The summed E-state index contributed by atoms with van der Waals surface area (Å²) in [6.45, 7) is 0.409. The molecule has 0 radical (unpaired) electrons. The molecular formula is C18H19ClN2O4S2. The number of halogens is 1. The van der Waals surface area contributed by atoms with Gasteiger partial charge in [0.15, 0.2) is 0 Å². The molecule has 1 saturated carbocycles. The van der Waals surface area contributed by atoms with E-state index in [9.17, 15) is 13.2 Å². The Morgan fingerprint density at radius 3 is 2.74 bits per heavy atom. The second kappa shape index (κ2) is 7.09. The molecule has 1 aliphatic heterocycles. The minimum atomic E-state index is -3.63. The van der Waals surface area contributed by atoms with Gasteiger partial charge in [-0.1, -0.05) is 17.7 Å². The lowest BCUT2D eigenvalue weighted by atomic mass is 10.0. The first-order valence-electron chi connectivity index (χ1n) is 8.60. The van der Waals surface area contributed by atoms with E-state index in [1.807, 2.05) is 11.4 Å². The first kappa shape index (κ1) is 18.7. The van der Waals surface area contributed by atoms with Gasteiger partial charge < -0.3 is 10.1 Å². The van der Waals surface area contributed by atoms with Crippen molar-refractivity contribution in [2.75, 3.05) is 13.7 Å². The predicted molar refractivity (Wildman–Crippen MR) is 104 cm³/mol. The molecule has 3 unspecified atom stereocenters. The summed E-state index contributed by atoms with van der Waals surface area (Å²) in [5, 5.41) is 5.19. The largest absolute Gasteiger partial charge is 0.495 e. The fourth-order valence-corrected chi connectivity index (χ4v) is 6.65. The Labute approximate surface area is 167 Å². The summed E-state index contributed by atoms with van der Waals surface area (Å²) in [5.74, 6) is 0.483. The van der Waals surface area contributed by atoms with Crippen LogP contribution in [0.15, 0.2) is 40.6 Å². The highest BCUT2D eigenvalue weighted by Gasteiger charge is 2.49. The van der Waals surface area contributed by atoms with Gasteiger partial charge in [0.25, 0.3) is 5.91 Å². The van der Waals surface area contributed by atoms with Crippen molar-refractivity contribution in [3.63, 3.8) is 0 Å². The van der Waals surface area contributed by atoms with Crippen molar-refractivity contribution in [3.05, 3.63) is 45.6 Å². The van der Waals surface area contributed by atoms with Crippen LogP contribution in [0.5, 0.6) is 5.75 Å². The molecule has 2 bridgehead atoms. The molecule has 1 aromatic heterocycles. The van der Waals surface area contributed by atoms with Crippen LogP contribution in [0.25, 0.3) is 0 Å². The lowest BCUT2D eigenvalue weighted by Crippen LogP contribution is -2.47. The highest BCUT2D eigenvalue weighted by atomic mass is 35.5. The zero-order chi connectivity index (χ0) is 19.2. The molecule has 2 heterocycles. The smallest absolute Gasteiger partial charge is 0.261 e. The van der Waals surface area contributed by atoms with E-state index in [1.165, 1.54) is 30.6 Å². The number of nitrogens with one attached hydrogen (secondary N) is 1. The van der Waals surface area contributed by atoms with Crippen LogP contribution in [0.3, 0.4) is 0 Å².